The molecule has 0 aliphatic heterocycles. The molecule has 1 N–H and O–H groups in total. The lowest BCUT2D eigenvalue weighted by Gasteiger charge is -2.12. The molecule has 0 aliphatic rings. The third-order valence-corrected chi connectivity index (χ3v) is 3.08. The van der Waals surface area contributed by atoms with Crippen molar-refractivity contribution in [3.05, 3.63) is 64.7 Å². The van der Waals surface area contributed by atoms with Crippen LogP contribution < -0.4 is 5.32 Å². The molecule has 0 radical (unpaired) electrons. The number of methoxy groups -OCH3 is 1. The maximum atomic E-state index is 5.22. The molecule has 100 valence electrons. The second-order valence-electron chi connectivity index (χ2n) is 4.94. The third kappa shape index (κ3) is 3.83. The summed E-state index contributed by atoms with van der Waals surface area (Å²) in [5.41, 5.74) is 6.26. The Morgan fingerprint density at radius 1 is 1.00 bits per heavy atom. The number of rotatable bonds is 5. The predicted molar refractivity (Wildman–Crippen MR) is 80.4 cm³/mol. The van der Waals surface area contributed by atoms with Gasteiger partial charge in [-0.3, -0.25) is 0 Å². The topological polar surface area (TPSA) is 21.3 Å². The number of hydrogen-bond acceptors (Lipinski definition) is 2. The summed E-state index contributed by atoms with van der Waals surface area (Å²) in [5, 5.41) is 3.49. The van der Waals surface area contributed by atoms with Gasteiger partial charge in [-0.2, -0.15) is 0 Å². The number of benzene rings is 2. The zero-order chi connectivity index (χ0) is 13.7. The smallest absolute Gasteiger partial charge is 0.0733 e. The molecule has 0 bridgehead atoms. The standard InChI is InChI=1S/C17H21NO/c1-13-8-14(2)10-15(9-13)11-18-17-7-5-4-6-16(17)12-19-3/h4-10,18H,11-12H2,1-3H3. The molecule has 0 saturated heterocycles. The van der Waals surface area contributed by atoms with Crippen molar-refractivity contribution >= 4 is 5.69 Å². The molecule has 0 atom stereocenters. The summed E-state index contributed by atoms with van der Waals surface area (Å²) in [6, 6.07) is 14.9. The number of anilines is 1. The van der Waals surface area contributed by atoms with Crippen LogP contribution in [0.2, 0.25) is 0 Å². The predicted octanol–water partition coefficient (Wildman–Crippen LogP) is 4.06. The van der Waals surface area contributed by atoms with E-state index in [1.807, 2.05) is 12.1 Å². The summed E-state index contributed by atoms with van der Waals surface area (Å²) in [6.45, 7) is 5.74. The fraction of sp³-hybridized carbons (Fsp3) is 0.294. The van der Waals surface area contributed by atoms with Crippen molar-refractivity contribution < 1.29 is 4.74 Å². The highest BCUT2D eigenvalue weighted by Gasteiger charge is 2.01. The number of hydrogen-bond donors (Lipinski definition) is 1. The van der Waals surface area contributed by atoms with E-state index in [0.29, 0.717) is 6.61 Å². The number of ether oxygens (including phenoxy) is 1. The normalized spacial score (nSPS) is 10.5. The molecule has 0 heterocycles. The minimum absolute atomic E-state index is 0.635. The molecule has 0 unspecified atom stereocenters. The Morgan fingerprint density at radius 2 is 1.68 bits per heavy atom. The number of nitrogens with one attached hydrogen (secondary N) is 1. The first-order valence-corrected chi connectivity index (χ1v) is 6.57. The molecular formula is C17H21NO. The summed E-state index contributed by atoms with van der Waals surface area (Å²) in [4.78, 5) is 0. The molecule has 2 heteroatoms. The number of aryl methyl sites for hydroxylation is 2. The maximum Gasteiger partial charge on any atom is 0.0733 e. The monoisotopic (exact) mass is 255 g/mol. The van der Waals surface area contributed by atoms with Gasteiger partial charge in [0.25, 0.3) is 0 Å². The molecule has 2 aromatic rings. The van der Waals surface area contributed by atoms with Crippen LogP contribution in [0.1, 0.15) is 22.3 Å². The molecule has 2 rings (SSSR count). The van der Waals surface area contributed by atoms with E-state index in [-0.39, 0.29) is 0 Å². The Balaban J connectivity index is 2.09. The quantitative estimate of drug-likeness (QED) is 0.870. The fourth-order valence-electron chi connectivity index (χ4n) is 2.34. The largest absolute Gasteiger partial charge is 0.381 e. The van der Waals surface area contributed by atoms with E-state index >= 15 is 0 Å². The second kappa shape index (κ2) is 6.39. The fourth-order valence-corrected chi connectivity index (χ4v) is 2.34. The van der Waals surface area contributed by atoms with E-state index in [1.54, 1.807) is 7.11 Å². The zero-order valence-electron chi connectivity index (χ0n) is 11.9. The summed E-state index contributed by atoms with van der Waals surface area (Å²) in [6.07, 6.45) is 0. The highest BCUT2D eigenvalue weighted by molar-refractivity contribution is 5.51. The van der Waals surface area contributed by atoms with Gasteiger partial charge in [0.2, 0.25) is 0 Å². The van der Waals surface area contributed by atoms with E-state index in [4.69, 9.17) is 4.74 Å². The van der Waals surface area contributed by atoms with E-state index in [9.17, 15) is 0 Å². The lowest BCUT2D eigenvalue weighted by atomic mass is 10.1. The first kappa shape index (κ1) is 13.6. The first-order chi connectivity index (χ1) is 9.19. The van der Waals surface area contributed by atoms with Gasteiger partial charge in [0.15, 0.2) is 0 Å². The van der Waals surface area contributed by atoms with Crippen molar-refractivity contribution in [3.63, 3.8) is 0 Å². The van der Waals surface area contributed by atoms with Crippen LogP contribution in [0.3, 0.4) is 0 Å². The molecule has 0 amide bonds. The molecular weight excluding hydrogens is 234 g/mol. The summed E-state index contributed by atoms with van der Waals surface area (Å²) in [7, 11) is 1.72. The van der Waals surface area contributed by atoms with Gasteiger partial charge < -0.3 is 10.1 Å². The van der Waals surface area contributed by atoms with Crippen molar-refractivity contribution in [1.82, 2.24) is 0 Å². The van der Waals surface area contributed by atoms with Gasteiger partial charge >= 0.3 is 0 Å². The molecule has 0 fully saturated rings. The molecule has 0 aliphatic carbocycles. The summed E-state index contributed by atoms with van der Waals surface area (Å²) < 4.78 is 5.22. The SMILES string of the molecule is COCc1ccccc1NCc1cc(C)cc(C)c1. The van der Waals surface area contributed by atoms with Crippen LogP contribution in [0, 0.1) is 13.8 Å². The Kier molecular flexibility index (Phi) is 4.58. The van der Waals surface area contributed by atoms with Crippen LogP contribution in [0.4, 0.5) is 5.69 Å². The van der Waals surface area contributed by atoms with Gasteiger partial charge in [0.05, 0.1) is 6.61 Å². The molecule has 0 aromatic heterocycles. The number of para-hydroxylation sites is 1. The summed E-state index contributed by atoms with van der Waals surface area (Å²) in [5.74, 6) is 0. The van der Waals surface area contributed by atoms with Gasteiger partial charge in [-0.15, -0.1) is 0 Å². The van der Waals surface area contributed by atoms with E-state index in [0.717, 1.165) is 12.2 Å². The van der Waals surface area contributed by atoms with Gasteiger partial charge in [-0.05, 0) is 25.5 Å². The van der Waals surface area contributed by atoms with Crippen LogP contribution in [-0.2, 0) is 17.9 Å². The molecule has 0 saturated carbocycles. The van der Waals surface area contributed by atoms with Gasteiger partial charge in [0.1, 0.15) is 0 Å². The zero-order valence-corrected chi connectivity index (χ0v) is 11.9. The average Bonchev–Trinajstić information content (AvgIpc) is 2.37. The lowest BCUT2D eigenvalue weighted by Crippen LogP contribution is -2.03. The van der Waals surface area contributed by atoms with E-state index < -0.39 is 0 Å². The highest BCUT2D eigenvalue weighted by atomic mass is 16.5. The Labute approximate surface area is 115 Å². The second-order valence-corrected chi connectivity index (χ2v) is 4.94. The minimum atomic E-state index is 0.635. The van der Waals surface area contributed by atoms with Crippen LogP contribution in [0.5, 0.6) is 0 Å². The Bertz CT molecular complexity index is 528. The van der Waals surface area contributed by atoms with Crippen molar-refractivity contribution in [1.29, 1.82) is 0 Å². The lowest BCUT2D eigenvalue weighted by molar-refractivity contribution is 0.185. The van der Waals surface area contributed by atoms with Crippen molar-refractivity contribution in [2.24, 2.45) is 0 Å². The average molecular weight is 255 g/mol. The van der Waals surface area contributed by atoms with Crippen LogP contribution in [0.25, 0.3) is 0 Å². The molecule has 2 aromatic carbocycles. The van der Waals surface area contributed by atoms with E-state index in [2.05, 4.69) is 49.5 Å². The molecule has 2 nitrogen and oxygen atoms in total. The van der Waals surface area contributed by atoms with Crippen LogP contribution in [-0.4, -0.2) is 7.11 Å². The maximum absolute atomic E-state index is 5.22. The van der Waals surface area contributed by atoms with Crippen LogP contribution in [0.15, 0.2) is 42.5 Å². The van der Waals surface area contributed by atoms with Crippen molar-refractivity contribution in [2.45, 2.75) is 27.0 Å². The van der Waals surface area contributed by atoms with Gasteiger partial charge in [0, 0.05) is 24.9 Å². The Hall–Kier alpha value is -1.80. The van der Waals surface area contributed by atoms with Gasteiger partial charge in [-0.1, -0.05) is 47.5 Å². The highest BCUT2D eigenvalue weighted by Crippen LogP contribution is 2.17. The first-order valence-electron chi connectivity index (χ1n) is 6.57. The van der Waals surface area contributed by atoms with Gasteiger partial charge in [-0.25, -0.2) is 0 Å². The third-order valence-electron chi connectivity index (χ3n) is 3.08. The van der Waals surface area contributed by atoms with Crippen molar-refractivity contribution in [2.75, 3.05) is 12.4 Å². The van der Waals surface area contributed by atoms with Crippen molar-refractivity contribution in [3.8, 4) is 0 Å². The molecule has 0 spiro atoms. The summed E-state index contributed by atoms with van der Waals surface area (Å²) >= 11 is 0. The minimum Gasteiger partial charge on any atom is -0.381 e. The van der Waals surface area contributed by atoms with E-state index in [1.165, 1.54) is 22.3 Å². The Morgan fingerprint density at radius 3 is 2.37 bits per heavy atom. The van der Waals surface area contributed by atoms with Crippen LogP contribution >= 0.6 is 0 Å². The molecule has 19 heavy (non-hydrogen) atoms.